The molecule has 2 heterocycles. The van der Waals surface area contributed by atoms with Crippen molar-refractivity contribution in [2.24, 2.45) is 0 Å². The number of thioether (sulfide) groups is 1. The number of sulfonamides is 1. The number of carbonyl (C=O) groups is 2. The molecule has 8 nitrogen and oxygen atoms in total. The second-order valence-corrected chi connectivity index (χ2v) is 8.27. The van der Waals surface area contributed by atoms with Crippen molar-refractivity contribution in [1.82, 2.24) is 9.21 Å². The zero-order valence-electron chi connectivity index (χ0n) is 14.2. The molecular formula is C14H17F3N2O6S2. The molecule has 0 unspecified atom stereocenters. The summed E-state index contributed by atoms with van der Waals surface area (Å²) in [5.41, 5.74) is -4.50. The fourth-order valence-corrected chi connectivity index (χ4v) is 4.11. The van der Waals surface area contributed by atoms with Crippen LogP contribution in [0.4, 0.5) is 13.2 Å². The standard InChI is InChI=1S/C14H17F3N2O6S2/c1-2-24-13(21)10-3-4-12(25-10)27(22,23)19-7-5-18(6-8-19)11(20)9-26-14(15,16)17/h3-4H,2,5-9H2,1H3. The lowest BCUT2D eigenvalue weighted by Gasteiger charge is -2.33. The molecular weight excluding hydrogens is 413 g/mol. The number of halogens is 3. The van der Waals surface area contributed by atoms with Crippen LogP contribution in [0.2, 0.25) is 0 Å². The quantitative estimate of drug-likeness (QED) is 0.632. The van der Waals surface area contributed by atoms with Gasteiger partial charge in [0.15, 0.2) is 0 Å². The lowest BCUT2D eigenvalue weighted by Crippen LogP contribution is -2.51. The third kappa shape index (κ3) is 5.62. The Bertz CT molecular complexity index is 785. The van der Waals surface area contributed by atoms with Crippen LogP contribution in [0.1, 0.15) is 17.5 Å². The number of amides is 1. The highest BCUT2D eigenvalue weighted by Gasteiger charge is 2.34. The van der Waals surface area contributed by atoms with Gasteiger partial charge in [0.2, 0.25) is 16.8 Å². The molecule has 0 aromatic carbocycles. The minimum atomic E-state index is -4.50. The summed E-state index contributed by atoms with van der Waals surface area (Å²) < 4.78 is 72.4. The molecule has 0 saturated carbocycles. The van der Waals surface area contributed by atoms with E-state index in [0.29, 0.717) is 0 Å². The Morgan fingerprint density at radius 3 is 2.41 bits per heavy atom. The molecule has 1 amide bonds. The van der Waals surface area contributed by atoms with E-state index in [0.717, 1.165) is 10.4 Å². The van der Waals surface area contributed by atoms with Crippen molar-refractivity contribution in [3.05, 3.63) is 17.9 Å². The molecule has 1 saturated heterocycles. The first-order chi connectivity index (χ1) is 12.5. The Morgan fingerprint density at radius 2 is 1.85 bits per heavy atom. The zero-order chi connectivity index (χ0) is 20.2. The molecule has 13 heteroatoms. The van der Waals surface area contributed by atoms with Crippen molar-refractivity contribution in [1.29, 1.82) is 0 Å². The van der Waals surface area contributed by atoms with E-state index >= 15 is 0 Å². The maximum Gasteiger partial charge on any atom is 0.442 e. The van der Waals surface area contributed by atoms with Gasteiger partial charge in [0.05, 0.1) is 12.4 Å². The molecule has 0 bridgehead atoms. The largest absolute Gasteiger partial charge is 0.460 e. The summed E-state index contributed by atoms with van der Waals surface area (Å²) in [4.78, 5) is 24.5. The summed E-state index contributed by atoms with van der Waals surface area (Å²) in [6.07, 6.45) is 0. The molecule has 1 aliphatic heterocycles. The Kier molecular flexibility index (Phi) is 6.81. The van der Waals surface area contributed by atoms with Gasteiger partial charge in [-0.25, -0.2) is 13.2 Å². The van der Waals surface area contributed by atoms with Gasteiger partial charge in [0.25, 0.3) is 10.0 Å². The first-order valence-electron chi connectivity index (χ1n) is 7.80. The van der Waals surface area contributed by atoms with Crippen LogP contribution < -0.4 is 0 Å². The number of alkyl halides is 3. The molecule has 27 heavy (non-hydrogen) atoms. The monoisotopic (exact) mass is 430 g/mol. The molecule has 0 N–H and O–H groups in total. The first-order valence-corrected chi connectivity index (χ1v) is 10.2. The highest BCUT2D eigenvalue weighted by molar-refractivity contribution is 8.00. The molecule has 1 aliphatic rings. The van der Waals surface area contributed by atoms with Crippen molar-refractivity contribution >= 4 is 33.7 Å². The van der Waals surface area contributed by atoms with E-state index < -0.39 is 50.0 Å². The fourth-order valence-electron chi connectivity index (χ4n) is 2.31. The summed E-state index contributed by atoms with van der Waals surface area (Å²) in [7, 11) is -4.04. The second kappa shape index (κ2) is 8.52. The van der Waals surface area contributed by atoms with E-state index in [1.807, 2.05) is 0 Å². The average Bonchev–Trinajstić information content (AvgIpc) is 3.10. The molecule has 0 atom stereocenters. The van der Waals surface area contributed by atoms with Gasteiger partial charge < -0.3 is 14.1 Å². The number of hydrogen-bond donors (Lipinski definition) is 0. The molecule has 1 aromatic heterocycles. The number of ether oxygens (including phenoxy) is 1. The van der Waals surface area contributed by atoms with E-state index in [-0.39, 0.29) is 38.5 Å². The molecule has 1 fully saturated rings. The van der Waals surface area contributed by atoms with E-state index in [1.54, 1.807) is 6.92 Å². The summed E-state index contributed by atoms with van der Waals surface area (Å²) >= 11 is -0.434. The van der Waals surface area contributed by atoms with Gasteiger partial charge in [-0.05, 0) is 30.8 Å². The summed E-state index contributed by atoms with van der Waals surface area (Å²) in [6, 6.07) is 2.30. The number of esters is 1. The van der Waals surface area contributed by atoms with Crippen molar-refractivity contribution in [3.8, 4) is 0 Å². The van der Waals surface area contributed by atoms with Crippen LogP contribution in [-0.4, -0.2) is 73.5 Å². The molecule has 1 aromatic rings. The number of carbonyl (C=O) groups excluding carboxylic acids is 2. The summed E-state index contributed by atoms with van der Waals surface area (Å²) in [6.45, 7) is 1.42. The lowest BCUT2D eigenvalue weighted by molar-refractivity contribution is -0.129. The summed E-state index contributed by atoms with van der Waals surface area (Å²) in [5.74, 6) is -2.51. The molecule has 152 valence electrons. The van der Waals surface area contributed by atoms with Gasteiger partial charge >= 0.3 is 11.5 Å². The van der Waals surface area contributed by atoms with Crippen LogP contribution >= 0.6 is 11.8 Å². The average molecular weight is 430 g/mol. The SMILES string of the molecule is CCOC(=O)c1ccc(S(=O)(=O)N2CCN(C(=O)CSC(F)(F)F)CC2)o1. The van der Waals surface area contributed by atoms with Gasteiger partial charge in [0.1, 0.15) is 0 Å². The Labute approximate surface area is 157 Å². The maximum atomic E-state index is 12.5. The number of piperazine rings is 1. The van der Waals surface area contributed by atoms with E-state index in [9.17, 15) is 31.2 Å². The smallest absolute Gasteiger partial charge is 0.442 e. The summed E-state index contributed by atoms with van der Waals surface area (Å²) in [5, 5.41) is -0.446. The van der Waals surface area contributed by atoms with Crippen molar-refractivity contribution < 1.29 is 40.3 Å². The predicted octanol–water partition coefficient (Wildman–Crippen LogP) is 1.54. The Hall–Kier alpha value is -1.73. The third-order valence-corrected chi connectivity index (χ3v) is 6.09. The Morgan fingerprint density at radius 1 is 1.22 bits per heavy atom. The predicted molar refractivity (Wildman–Crippen MR) is 88.5 cm³/mol. The van der Waals surface area contributed by atoms with Crippen LogP contribution in [0.25, 0.3) is 0 Å². The minimum Gasteiger partial charge on any atom is -0.460 e. The number of hydrogen-bond acceptors (Lipinski definition) is 7. The number of nitrogens with zero attached hydrogens (tertiary/aromatic N) is 2. The highest BCUT2D eigenvalue weighted by atomic mass is 32.2. The van der Waals surface area contributed by atoms with Crippen LogP contribution in [0.3, 0.4) is 0 Å². The molecule has 0 spiro atoms. The van der Waals surface area contributed by atoms with Crippen LogP contribution in [-0.2, 0) is 19.6 Å². The maximum absolute atomic E-state index is 12.5. The fraction of sp³-hybridized carbons (Fsp3) is 0.571. The van der Waals surface area contributed by atoms with Crippen LogP contribution in [0.5, 0.6) is 0 Å². The molecule has 0 aliphatic carbocycles. The highest BCUT2D eigenvalue weighted by Crippen LogP contribution is 2.30. The number of furan rings is 1. The van der Waals surface area contributed by atoms with Gasteiger partial charge in [-0.1, -0.05) is 0 Å². The van der Waals surface area contributed by atoms with Crippen LogP contribution in [0.15, 0.2) is 21.6 Å². The zero-order valence-corrected chi connectivity index (χ0v) is 15.8. The third-order valence-electron chi connectivity index (χ3n) is 3.60. The lowest BCUT2D eigenvalue weighted by atomic mass is 10.3. The van der Waals surface area contributed by atoms with Crippen LogP contribution in [0, 0.1) is 0 Å². The number of rotatable bonds is 6. The molecule has 0 radical (unpaired) electrons. The second-order valence-electron chi connectivity index (χ2n) is 5.36. The van der Waals surface area contributed by atoms with Gasteiger partial charge in [-0.3, -0.25) is 4.79 Å². The van der Waals surface area contributed by atoms with Crippen molar-refractivity contribution in [2.45, 2.75) is 17.5 Å². The first kappa shape index (κ1) is 21.6. The van der Waals surface area contributed by atoms with Crippen molar-refractivity contribution in [3.63, 3.8) is 0 Å². The van der Waals surface area contributed by atoms with Gasteiger partial charge in [-0.2, -0.15) is 17.5 Å². The minimum absolute atomic E-state index is 0.0398. The normalized spacial score (nSPS) is 16.4. The van der Waals surface area contributed by atoms with Crippen molar-refractivity contribution in [2.75, 3.05) is 38.5 Å². The van der Waals surface area contributed by atoms with Gasteiger partial charge in [0, 0.05) is 26.2 Å². The molecule has 2 rings (SSSR count). The Balaban J connectivity index is 1.96. The van der Waals surface area contributed by atoms with E-state index in [4.69, 9.17) is 9.15 Å². The van der Waals surface area contributed by atoms with E-state index in [1.165, 1.54) is 11.0 Å². The topological polar surface area (TPSA) is 97.1 Å². The van der Waals surface area contributed by atoms with Gasteiger partial charge in [-0.15, -0.1) is 0 Å². The van der Waals surface area contributed by atoms with E-state index in [2.05, 4.69) is 0 Å².